The van der Waals surface area contributed by atoms with Gasteiger partial charge >= 0.3 is 23.9 Å². The fourth-order valence-corrected chi connectivity index (χ4v) is 4.80. The van der Waals surface area contributed by atoms with Crippen LogP contribution in [0.4, 0.5) is 0 Å². The molecule has 0 aromatic carbocycles. The first-order valence-electron chi connectivity index (χ1n) is 9.52. The van der Waals surface area contributed by atoms with E-state index in [4.69, 9.17) is 9.47 Å². The van der Waals surface area contributed by atoms with Gasteiger partial charge in [0.25, 0.3) is 0 Å². The van der Waals surface area contributed by atoms with Gasteiger partial charge in [-0.2, -0.15) is 0 Å². The largest absolute Gasteiger partial charge is 0.392 e. The molecule has 2 saturated heterocycles. The predicted molar refractivity (Wildman–Crippen MR) is 89.4 cm³/mol. The summed E-state index contributed by atoms with van der Waals surface area (Å²) in [7, 11) is 0. The molecule has 4 aliphatic rings. The van der Waals surface area contributed by atoms with Crippen LogP contribution in [0, 0.1) is 11.3 Å². The topological polar surface area (TPSA) is 86.7 Å². The molecule has 0 radical (unpaired) electrons. The van der Waals surface area contributed by atoms with Gasteiger partial charge in [0, 0.05) is 0 Å². The van der Waals surface area contributed by atoms with Crippen molar-refractivity contribution in [2.45, 2.75) is 64.2 Å². The van der Waals surface area contributed by atoms with Crippen LogP contribution in [-0.4, -0.2) is 23.9 Å². The van der Waals surface area contributed by atoms with Gasteiger partial charge in [0.15, 0.2) is 0 Å². The number of allylic oxidation sites excluding steroid dienone is 3. The maximum absolute atomic E-state index is 12.6. The minimum absolute atomic E-state index is 0.0786. The van der Waals surface area contributed by atoms with Crippen molar-refractivity contribution in [3.8, 4) is 0 Å². The number of hydrogen-bond acceptors (Lipinski definition) is 6. The molecule has 2 fully saturated rings. The molecule has 4 rings (SSSR count). The molecule has 26 heavy (non-hydrogen) atoms. The van der Waals surface area contributed by atoms with Crippen LogP contribution in [-0.2, 0) is 28.7 Å². The van der Waals surface area contributed by atoms with Crippen molar-refractivity contribution in [1.82, 2.24) is 0 Å². The molecule has 0 aromatic heterocycles. The second-order valence-electron chi connectivity index (χ2n) is 7.53. The summed E-state index contributed by atoms with van der Waals surface area (Å²) < 4.78 is 9.74. The highest BCUT2D eigenvalue weighted by molar-refractivity contribution is 6.25. The van der Waals surface area contributed by atoms with Crippen molar-refractivity contribution in [2.75, 3.05) is 0 Å². The molecule has 2 atom stereocenters. The van der Waals surface area contributed by atoms with E-state index in [0.29, 0.717) is 19.3 Å². The lowest BCUT2D eigenvalue weighted by atomic mass is 9.66. The van der Waals surface area contributed by atoms with Crippen molar-refractivity contribution in [2.24, 2.45) is 11.3 Å². The average molecular weight is 358 g/mol. The van der Waals surface area contributed by atoms with Gasteiger partial charge in [0.05, 0.1) is 11.5 Å². The summed E-state index contributed by atoms with van der Waals surface area (Å²) in [5.74, 6) is -4.33. The van der Waals surface area contributed by atoms with Crippen LogP contribution in [0.5, 0.6) is 0 Å². The molecule has 2 aliphatic carbocycles. The van der Waals surface area contributed by atoms with Gasteiger partial charge in [-0.25, -0.2) is 14.4 Å². The van der Waals surface area contributed by atoms with Crippen molar-refractivity contribution in [3.63, 3.8) is 0 Å². The van der Waals surface area contributed by atoms with E-state index >= 15 is 0 Å². The zero-order chi connectivity index (χ0) is 18.3. The smallest absolute Gasteiger partial charge is 0.343 e. The number of esters is 4. The number of hydrogen-bond donors (Lipinski definition) is 0. The molecule has 0 N–H and O–H groups in total. The molecule has 1 spiro atoms. The molecule has 2 aliphatic heterocycles. The van der Waals surface area contributed by atoms with Crippen LogP contribution in [0.15, 0.2) is 22.8 Å². The Morgan fingerprint density at radius 2 is 1.58 bits per heavy atom. The summed E-state index contributed by atoms with van der Waals surface area (Å²) >= 11 is 0. The van der Waals surface area contributed by atoms with Crippen molar-refractivity contribution < 1.29 is 28.7 Å². The van der Waals surface area contributed by atoms with Crippen LogP contribution >= 0.6 is 0 Å². The van der Waals surface area contributed by atoms with E-state index in [1.165, 1.54) is 6.42 Å². The average Bonchev–Trinajstić information content (AvgIpc) is 2.93. The lowest BCUT2D eigenvalue weighted by molar-refractivity contribution is -0.160. The van der Waals surface area contributed by atoms with Crippen LogP contribution < -0.4 is 0 Å². The molecule has 2 unspecified atom stereocenters. The Morgan fingerprint density at radius 1 is 0.846 bits per heavy atom. The van der Waals surface area contributed by atoms with E-state index in [0.717, 1.165) is 49.7 Å². The normalized spacial score (nSPS) is 32.6. The molecular formula is C20H22O6. The van der Waals surface area contributed by atoms with Crippen LogP contribution in [0.1, 0.15) is 64.2 Å². The Kier molecular flexibility index (Phi) is 4.29. The second-order valence-corrected chi connectivity index (χ2v) is 7.53. The Morgan fingerprint density at radius 3 is 2.42 bits per heavy atom. The third-order valence-corrected chi connectivity index (χ3v) is 6.08. The standard InChI is InChI=1S/C20H22O6/c21-16-14-11-7-6-10-13(12-8-4-2-1-3-5-9-12)15-17(22)26-19(24)20(14,15)18(23)25-16/h8,14H,1-7,9-11H2. The van der Waals surface area contributed by atoms with Gasteiger partial charge in [-0.1, -0.05) is 25.3 Å². The highest BCUT2D eigenvalue weighted by Crippen LogP contribution is 2.54. The molecule has 0 aromatic rings. The van der Waals surface area contributed by atoms with Gasteiger partial charge in [0.1, 0.15) is 0 Å². The monoisotopic (exact) mass is 358 g/mol. The fourth-order valence-electron chi connectivity index (χ4n) is 4.80. The summed E-state index contributed by atoms with van der Waals surface area (Å²) in [6.45, 7) is 0. The maximum Gasteiger partial charge on any atom is 0.343 e. The van der Waals surface area contributed by atoms with Crippen LogP contribution in [0.25, 0.3) is 0 Å². The van der Waals surface area contributed by atoms with E-state index in [-0.39, 0.29) is 5.57 Å². The molecule has 0 saturated carbocycles. The third kappa shape index (κ3) is 2.38. The molecule has 138 valence electrons. The van der Waals surface area contributed by atoms with E-state index in [9.17, 15) is 19.2 Å². The molecule has 6 nitrogen and oxygen atoms in total. The summed E-state index contributed by atoms with van der Waals surface area (Å²) in [6.07, 6.45) is 10.7. The summed E-state index contributed by atoms with van der Waals surface area (Å²) in [4.78, 5) is 50.2. The molecule has 6 heteroatoms. The Bertz CT molecular complexity index is 748. The van der Waals surface area contributed by atoms with Gasteiger partial charge in [0.2, 0.25) is 5.41 Å². The number of cyclic esters (lactones) is 4. The van der Waals surface area contributed by atoms with E-state index in [1.807, 2.05) is 0 Å². The predicted octanol–water partition coefficient (Wildman–Crippen LogP) is 2.91. The van der Waals surface area contributed by atoms with Crippen LogP contribution in [0.2, 0.25) is 0 Å². The minimum Gasteiger partial charge on any atom is -0.392 e. The first-order chi connectivity index (χ1) is 12.6. The quantitative estimate of drug-likeness (QED) is 0.529. The SMILES string of the molecule is O=C1OC(=O)C23C(=O)OC(=O)C2CCCCC(C2=CCCCCCC2)=C13. The van der Waals surface area contributed by atoms with Gasteiger partial charge in [-0.15, -0.1) is 0 Å². The zero-order valence-electron chi connectivity index (χ0n) is 14.7. The first kappa shape index (κ1) is 17.2. The van der Waals surface area contributed by atoms with Gasteiger partial charge in [-0.05, 0) is 56.1 Å². The Labute approximate surface area is 151 Å². The Hall–Kier alpha value is -2.24. The summed E-state index contributed by atoms with van der Waals surface area (Å²) in [5, 5.41) is 0. The Balaban J connectivity index is 1.93. The summed E-state index contributed by atoms with van der Waals surface area (Å²) in [5.41, 5.74) is -0.0415. The van der Waals surface area contributed by atoms with Gasteiger partial charge < -0.3 is 9.47 Å². The first-order valence-corrected chi connectivity index (χ1v) is 9.52. The van der Waals surface area contributed by atoms with E-state index in [2.05, 4.69) is 6.08 Å². The van der Waals surface area contributed by atoms with Gasteiger partial charge in [-0.3, -0.25) is 4.79 Å². The highest BCUT2D eigenvalue weighted by Gasteiger charge is 2.72. The van der Waals surface area contributed by atoms with E-state index in [1.54, 1.807) is 0 Å². The lowest BCUT2D eigenvalue weighted by Crippen LogP contribution is -2.41. The van der Waals surface area contributed by atoms with E-state index < -0.39 is 35.2 Å². The lowest BCUT2D eigenvalue weighted by Gasteiger charge is -2.27. The second kappa shape index (κ2) is 6.49. The number of carbonyl (C=O) groups excluding carboxylic acids is 4. The van der Waals surface area contributed by atoms with Crippen molar-refractivity contribution >= 4 is 23.9 Å². The molecule has 2 heterocycles. The number of carbonyl (C=O) groups is 4. The molecule has 0 amide bonds. The fraction of sp³-hybridized carbons (Fsp3) is 0.600. The maximum atomic E-state index is 12.6. The molecule has 0 bridgehead atoms. The van der Waals surface area contributed by atoms with Crippen molar-refractivity contribution in [3.05, 3.63) is 22.8 Å². The number of ether oxygens (including phenoxy) is 2. The summed E-state index contributed by atoms with van der Waals surface area (Å²) in [6, 6.07) is 0. The minimum atomic E-state index is -1.88. The van der Waals surface area contributed by atoms with Crippen LogP contribution in [0.3, 0.4) is 0 Å². The number of rotatable bonds is 1. The van der Waals surface area contributed by atoms with Crippen molar-refractivity contribution in [1.29, 1.82) is 0 Å². The zero-order valence-corrected chi connectivity index (χ0v) is 14.7. The molecular weight excluding hydrogens is 336 g/mol. The highest BCUT2D eigenvalue weighted by atomic mass is 16.6. The third-order valence-electron chi connectivity index (χ3n) is 6.08.